The summed E-state index contributed by atoms with van der Waals surface area (Å²) < 4.78 is 5.58. The molecule has 0 aromatic carbocycles. The second-order valence-corrected chi connectivity index (χ2v) is 6.60. The predicted molar refractivity (Wildman–Crippen MR) is 96.1 cm³/mol. The molecule has 0 amide bonds. The van der Waals surface area contributed by atoms with Crippen molar-refractivity contribution in [3.8, 4) is 11.4 Å². The van der Waals surface area contributed by atoms with Crippen LogP contribution >= 0.6 is 0 Å². The molecule has 24 heavy (non-hydrogen) atoms. The molecule has 0 bridgehead atoms. The molecule has 5 nitrogen and oxygen atoms in total. The number of methoxy groups -OCH3 is 1. The summed E-state index contributed by atoms with van der Waals surface area (Å²) in [5, 5.41) is 0. The number of aryl methyl sites for hydroxylation is 1. The fraction of sp³-hybridized carbons (Fsp3) is 0.526. The Morgan fingerprint density at radius 3 is 2.92 bits per heavy atom. The van der Waals surface area contributed by atoms with E-state index in [0.29, 0.717) is 0 Å². The van der Waals surface area contributed by atoms with Crippen LogP contribution in [0.2, 0.25) is 0 Å². The SMILES string of the molecule is CCCC1(COC)CCCN1c1cc(C)nc(-c2cccnc2)n1. The highest BCUT2D eigenvalue weighted by Gasteiger charge is 2.41. The van der Waals surface area contributed by atoms with Gasteiger partial charge >= 0.3 is 0 Å². The molecule has 128 valence electrons. The zero-order valence-electron chi connectivity index (χ0n) is 14.8. The van der Waals surface area contributed by atoms with Gasteiger partial charge in [0, 0.05) is 43.4 Å². The van der Waals surface area contributed by atoms with Gasteiger partial charge < -0.3 is 9.64 Å². The number of ether oxygens (including phenoxy) is 1. The van der Waals surface area contributed by atoms with Gasteiger partial charge in [-0.2, -0.15) is 0 Å². The molecule has 5 heteroatoms. The van der Waals surface area contributed by atoms with Crippen molar-refractivity contribution in [2.45, 2.75) is 45.1 Å². The lowest BCUT2D eigenvalue weighted by atomic mass is 9.91. The summed E-state index contributed by atoms with van der Waals surface area (Å²) in [7, 11) is 1.79. The number of hydrogen-bond acceptors (Lipinski definition) is 5. The van der Waals surface area contributed by atoms with Crippen molar-refractivity contribution < 1.29 is 4.74 Å². The Labute approximate surface area is 144 Å². The standard InChI is InChI=1S/C19H26N4O/c1-4-8-19(14-24-3)9-6-11-23(19)17-12-15(2)21-18(22-17)16-7-5-10-20-13-16/h5,7,10,12-13H,4,6,8-9,11,14H2,1-3H3. The number of pyridine rings is 1. The van der Waals surface area contributed by atoms with Crippen LogP contribution in [0.25, 0.3) is 11.4 Å². The number of anilines is 1. The summed E-state index contributed by atoms with van der Waals surface area (Å²) in [6.07, 6.45) is 8.17. The van der Waals surface area contributed by atoms with Gasteiger partial charge in [0.2, 0.25) is 0 Å². The Hall–Kier alpha value is -2.01. The van der Waals surface area contributed by atoms with Crippen molar-refractivity contribution in [2.24, 2.45) is 0 Å². The largest absolute Gasteiger partial charge is 0.382 e. The first kappa shape index (κ1) is 16.8. The third-order valence-electron chi connectivity index (χ3n) is 4.76. The van der Waals surface area contributed by atoms with Crippen LogP contribution in [0, 0.1) is 6.92 Å². The van der Waals surface area contributed by atoms with Gasteiger partial charge in [-0.3, -0.25) is 4.98 Å². The van der Waals surface area contributed by atoms with E-state index < -0.39 is 0 Å². The summed E-state index contributed by atoms with van der Waals surface area (Å²) >= 11 is 0. The molecule has 1 fully saturated rings. The van der Waals surface area contributed by atoms with E-state index in [4.69, 9.17) is 9.72 Å². The van der Waals surface area contributed by atoms with E-state index in [2.05, 4.69) is 27.9 Å². The van der Waals surface area contributed by atoms with Crippen LogP contribution in [-0.2, 0) is 4.74 Å². The Morgan fingerprint density at radius 2 is 2.21 bits per heavy atom. The second-order valence-electron chi connectivity index (χ2n) is 6.60. The third kappa shape index (κ3) is 3.26. The van der Waals surface area contributed by atoms with E-state index in [0.717, 1.165) is 55.3 Å². The number of aromatic nitrogens is 3. The predicted octanol–water partition coefficient (Wildman–Crippen LogP) is 3.63. The molecule has 0 saturated carbocycles. The highest BCUT2D eigenvalue weighted by atomic mass is 16.5. The van der Waals surface area contributed by atoms with Gasteiger partial charge in [-0.15, -0.1) is 0 Å². The average Bonchev–Trinajstić information content (AvgIpc) is 2.99. The first-order chi connectivity index (χ1) is 11.7. The maximum absolute atomic E-state index is 5.58. The Bertz CT molecular complexity index is 668. The van der Waals surface area contributed by atoms with Gasteiger partial charge in [-0.1, -0.05) is 13.3 Å². The molecule has 1 unspecified atom stereocenters. The molecular weight excluding hydrogens is 300 g/mol. The monoisotopic (exact) mass is 326 g/mol. The summed E-state index contributed by atoms with van der Waals surface area (Å²) in [5.41, 5.74) is 1.99. The van der Waals surface area contributed by atoms with E-state index in [-0.39, 0.29) is 5.54 Å². The minimum absolute atomic E-state index is 0.0521. The van der Waals surface area contributed by atoms with E-state index in [1.807, 2.05) is 25.3 Å². The van der Waals surface area contributed by atoms with E-state index >= 15 is 0 Å². The van der Waals surface area contributed by atoms with Crippen LogP contribution in [0.3, 0.4) is 0 Å². The molecule has 0 spiro atoms. The topological polar surface area (TPSA) is 51.1 Å². The lowest BCUT2D eigenvalue weighted by Gasteiger charge is -2.39. The molecule has 3 rings (SSSR count). The van der Waals surface area contributed by atoms with E-state index in [1.54, 1.807) is 13.3 Å². The number of rotatable bonds is 6. The van der Waals surface area contributed by atoms with E-state index in [1.165, 1.54) is 6.42 Å². The summed E-state index contributed by atoms with van der Waals surface area (Å²) in [5.74, 6) is 1.75. The van der Waals surface area contributed by atoms with Crippen molar-refractivity contribution in [1.82, 2.24) is 15.0 Å². The highest BCUT2D eigenvalue weighted by Crippen LogP contribution is 2.37. The van der Waals surface area contributed by atoms with Gasteiger partial charge in [-0.05, 0) is 38.3 Å². The van der Waals surface area contributed by atoms with Crippen LogP contribution in [0.5, 0.6) is 0 Å². The van der Waals surface area contributed by atoms with Gasteiger partial charge in [-0.25, -0.2) is 9.97 Å². The fourth-order valence-electron chi connectivity index (χ4n) is 3.83. The van der Waals surface area contributed by atoms with Crippen LogP contribution in [0.1, 0.15) is 38.3 Å². The number of nitrogens with zero attached hydrogens (tertiary/aromatic N) is 4. The Kier molecular flexibility index (Phi) is 5.09. The molecule has 0 radical (unpaired) electrons. The molecule has 1 saturated heterocycles. The molecular formula is C19H26N4O. The first-order valence-corrected chi connectivity index (χ1v) is 8.71. The Balaban J connectivity index is 2.00. The van der Waals surface area contributed by atoms with Crippen LogP contribution in [0.4, 0.5) is 5.82 Å². The smallest absolute Gasteiger partial charge is 0.163 e. The second kappa shape index (κ2) is 7.26. The van der Waals surface area contributed by atoms with Crippen molar-refractivity contribution >= 4 is 5.82 Å². The fourth-order valence-corrected chi connectivity index (χ4v) is 3.83. The summed E-state index contributed by atoms with van der Waals surface area (Å²) in [4.78, 5) is 16.1. The van der Waals surface area contributed by atoms with Crippen LogP contribution in [0.15, 0.2) is 30.6 Å². The molecule has 2 aromatic rings. The van der Waals surface area contributed by atoms with Crippen molar-refractivity contribution in [2.75, 3.05) is 25.2 Å². The Morgan fingerprint density at radius 1 is 1.33 bits per heavy atom. The van der Waals surface area contributed by atoms with Gasteiger partial charge in [0.15, 0.2) is 5.82 Å². The van der Waals surface area contributed by atoms with Crippen molar-refractivity contribution in [3.63, 3.8) is 0 Å². The van der Waals surface area contributed by atoms with Crippen LogP contribution in [-0.4, -0.2) is 40.8 Å². The zero-order valence-corrected chi connectivity index (χ0v) is 14.8. The molecule has 1 aliphatic rings. The maximum atomic E-state index is 5.58. The minimum atomic E-state index is 0.0521. The van der Waals surface area contributed by atoms with E-state index in [9.17, 15) is 0 Å². The summed E-state index contributed by atoms with van der Waals surface area (Å²) in [6.45, 7) is 6.03. The first-order valence-electron chi connectivity index (χ1n) is 8.71. The van der Waals surface area contributed by atoms with Gasteiger partial charge in [0.25, 0.3) is 0 Å². The lowest BCUT2D eigenvalue weighted by Crippen LogP contribution is -2.48. The number of hydrogen-bond donors (Lipinski definition) is 0. The molecule has 1 aliphatic heterocycles. The molecule has 0 aliphatic carbocycles. The zero-order chi connectivity index (χ0) is 17.0. The maximum Gasteiger partial charge on any atom is 0.163 e. The summed E-state index contributed by atoms with van der Waals surface area (Å²) in [6, 6.07) is 6.01. The van der Waals surface area contributed by atoms with Crippen molar-refractivity contribution in [3.05, 3.63) is 36.3 Å². The lowest BCUT2D eigenvalue weighted by molar-refractivity contribution is 0.127. The average molecular weight is 326 g/mol. The third-order valence-corrected chi connectivity index (χ3v) is 4.76. The quantitative estimate of drug-likeness (QED) is 0.811. The molecule has 2 aromatic heterocycles. The minimum Gasteiger partial charge on any atom is -0.382 e. The van der Waals surface area contributed by atoms with Gasteiger partial charge in [0.05, 0.1) is 12.1 Å². The normalized spacial score (nSPS) is 20.5. The van der Waals surface area contributed by atoms with Crippen LogP contribution < -0.4 is 4.90 Å². The molecule has 1 atom stereocenters. The van der Waals surface area contributed by atoms with Gasteiger partial charge in [0.1, 0.15) is 5.82 Å². The highest BCUT2D eigenvalue weighted by molar-refractivity contribution is 5.57. The molecule has 3 heterocycles. The van der Waals surface area contributed by atoms with Crippen molar-refractivity contribution in [1.29, 1.82) is 0 Å². The molecule has 0 N–H and O–H groups in total.